The number of nitrogens with one attached hydrogen (secondary N) is 1. The van der Waals surface area contributed by atoms with Gasteiger partial charge in [0.2, 0.25) is 0 Å². The average molecular weight is 295 g/mol. The molecule has 0 aliphatic carbocycles. The highest BCUT2D eigenvalue weighted by Crippen LogP contribution is 2.07. The molecular formula is C12H13N3O4S. The molecule has 0 atom stereocenters. The van der Waals surface area contributed by atoms with Gasteiger partial charge in [-0.15, -0.1) is 0 Å². The Morgan fingerprint density at radius 3 is 2.95 bits per heavy atom. The number of hydrogen-bond donors (Lipinski definition) is 1. The summed E-state index contributed by atoms with van der Waals surface area (Å²) in [7, 11) is -3.90. The number of nitrogens with zero attached hydrogens (tertiary/aromatic N) is 2. The molecule has 1 amide bonds. The van der Waals surface area contributed by atoms with Crippen molar-refractivity contribution in [3.05, 3.63) is 42.6 Å². The van der Waals surface area contributed by atoms with Crippen molar-refractivity contribution < 1.29 is 17.6 Å². The zero-order valence-corrected chi connectivity index (χ0v) is 11.5. The Kier molecular flexibility index (Phi) is 4.04. The third kappa shape index (κ3) is 3.35. The Morgan fingerprint density at radius 2 is 2.35 bits per heavy atom. The topological polar surface area (TPSA) is 94.2 Å². The molecule has 2 rings (SSSR count). The highest BCUT2D eigenvalue weighted by Gasteiger charge is 2.18. The number of carbonyl (C=O) groups is 1. The van der Waals surface area contributed by atoms with Crippen LogP contribution in [0, 0.1) is 0 Å². The van der Waals surface area contributed by atoms with E-state index < -0.39 is 15.9 Å². The molecule has 1 N–H and O–H groups in total. The third-order valence-corrected chi connectivity index (χ3v) is 3.72. The fraction of sp³-hybridized carbons (Fsp3) is 0.167. The van der Waals surface area contributed by atoms with Gasteiger partial charge in [0.25, 0.3) is 15.9 Å². The molecule has 106 valence electrons. The lowest BCUT2D eigenvalue weighted by Gasteiger charge is -2.01. The van der Waals surface area contributed by atoms with Crippen LogP contribution in [0.4, 0.5) is 0 Å². The summed E-state index contributed by atoms with van der Waals surface area (Å²) in [4.78, 5) is 11.5. The van der Waals surface area contributed by atoms with Crippen LogP contribution in [0.2, 0.25) is 0 Å². The van der Waals surface area contributed by atoms with Crippen molar-refractivity contribution >= 4 is 22.0 Å². The van der Waals surface area contributed by atoms with E-state index in [2.05, 4.69) is 5.10 Å². The Bertz CT molecular complexity index is 714. The van der Waals surface area contributed by atoms with E-state index in [0.717, 1.165) is 6.08 Å². The van der Waals surface area contributed by atoms with Crippen molar-refractivity contribution in [1.82, 2.24) is 14.5 Å². The van der Waals surface area contributed by atoms with E-state index in [1.165, 1.54) is 29.4 Å². The lowest BCUT2D eigenvalue weighted by molar-refractivity contribution is -0.114. The monoisotopic (exact) mass is 295 g/mol. The maximum absolute atomic E-state index is 11.9. The van der Waals surface area contributed by atoms with Gasteiger partial charge < -0.3 is 4.42 Å². The summed E-state index contributed by atoms with van der Waals surface area (Å²) in [5.74, 6) is -0.304. The van der Waals surface area contributed by atoms with Crippen molar-refractivity contribution in [2.45, 2.75) is 18.4 Å². The summed E-state index contributed by atoms with van der Waals surface area (Å²) < 4.78 is 32.1. The van der Waals surface area contributed by atoms with E-state index in [0.29, 0.717) is 12.3 Å². The smallest absolute Gasteiger partial charge is 0.267 e. The summed E-state index contributed by atoms with van der Waals surface area (Å²) in [5, 5.41) is 3.85. The van der Waals surface area contributed by atoms with Gasteiger partial charge in [-0.1, -0.05) is 0 Å². The predicted molar refractivity (Wildman–Crippen MR) is 71.0 cm³/mol. The van der Waals surface area contributed by atoms with Gasteiger partial charge in [-0.3, -0.25) is 9.48 Å². The standard InChI is InChI=1S/C12H13N3O4S/c1-2-15-9-11(8-13-15)20(17,18)14-12(16)6-5-10-4-3-7-19-10/h3-9H,2H2,1H3,(H,14,16)/b6-5+. The van der Waals surface area contributed by atoms with Gasteiger partial charge in [-0.05, 0) is 25.1 Å². The zero-order chi connectivity index (χ0) is 14.6. The molecule has 20 heavy (non-hydrogen) atoms. The summed E-state index contributed by atoms with van der Waals surface area (Å²) >= 11 is 0. The number of aromatic nitrogens is 2. The van der Waals surface area contributed by atoms with Gasteiger partial charge in [0, 0.05) is 18.8 Å². The molecule has 0 fully saturated rings. The van der Waals surface area contributed by atoms with Crippen LogP contribution >= 0.6 is 0 Å². The molecule has 0 aromatic carbocycles. The molecule has 2 aromatic heterocycles. The Balaban J connectivity index is 2.06. The van der Waals surface area contributed by atoms with Crippen LogP contribution in [0.5, 0.6) is 0 Å². The van der Waals surface area contributed by atoms with Crippen molar-refractivity contribution in [2.24, 2.45) is 0 Å². The van der Waals surface area contributed by atoms with Crippen LogP contribution in [0.25, 0.3) is 6.08 Å². The first-order valence-electron chi connectivity index (χ1n) is 5.82. The number of hydrogen-bond acceptors (Lipinski definition) is 5. The highest BCUT2D eigenvalue weighted by molar-refractivity contribution is 7.90. The molecule has 8 heteroatoms. The SMILES string of the molecule is CCn1cc(S(=O)(=O)NC(=O)/C=C/c2ccco2)cn1. The second-order valence-electron chi connectivity index (χ2n) is 3.85. The minimum absolute atomic E-state index is 0.0564. The van der Waals surface area contributed by atoms with Gasteiger partial charge >= 0.3 is 0 Å². The van der Waals surface area contributed by atoms with E-state index in [4.69, 9.17) is 4.42 Å². The van der Waals surface area contributed by atoms with E-state index >= 15 is 0 Å². The minimum Gasteiger partial charge on any atom is -0.465 e. The third-order valence-electron chi connectivity index (χ3n) is 2.42. The first kappa shape index (κ1) is 14.1. The van der Waals surface area contributed by atoms with E-state index in [-0.39, 0.29) is 4.90 Å². The van der Waals surface area contributed by atoms with Crippen molar-refractivity contribution in [2.75, 3.05) is 0 Å². The van der Waals surface area contributed by atoms with E-state index in [1.54, 1.807) is 12.1 Å². The summed E-state index contributed by atoms with van der Waals surface area (Å²) in [6.45, 7) is 2.37. The quantitative estimate of drug-likeness (QED) is 0.831. The molecule has 7 nitrogen and oxygen atoms in total. The molecule has 0 unspecified atom stereocenters. The van der Waals surface area contributed by atoms with Gasteiger partial charge in [0.15, 0.2) is 0 Å². The number of rotatable bonds is 5. The number of furan rings is 1. The van der Waals surface area contributed by atoms with Crippen LogP contribution in [-0.2, 0) is 21.4 Å². The first-order valence-corrected chi connectivity index (χ1v) is 7.30. The molecule has 0 saturated heterocycles. The normalized spacial score (nSPS) is 11.8. The minimum atomic E-state index is -3.90. The van der Waals surface area contributed by atoms with Crippen molar-refractivity contribution in [3.8, 4) is 0 Å². The number of sulfonamides is 1. The molecule has 0 aliphatic heterocycles. The molecule has 0 saturated carbocycles. The molecule has 0 radical (unpaired) electrons. The second-order valence-corrected chi connectivity index (χ2v) is 5.53. The Morgan fingerprint density at radius 1 is 1.55 bits per heavy atom. The Labute approximate surface area is 115 Å². The predicted octanol–water partition coefficient (Wildman–Crippen LogP) is 1.01. The Hall–Kier alpha value is -2.35. The van der Waals surface area contributed by atoms with Crippen LogP contribution < -0.4 is 4.72 Å². The summed E-state index contributed by atoms with van der Waals surface area (Å²) in [6.07, 6.45) is 6.45. The van der Waals surface area contributed by atoms with Crippen molar-refractivity contribution in [3.63, 3.8) is 0 Å². The van der Waals surface area contributed by atoms with Gasteiger partial charge in [0.05, 0.1) is 12.5 Å². The van der Waals surface area contributed by atoms with Gasteiger partial charge in [-0.2, -0.15) is 5.10 Å². The summed E-state index contributed by atoms with van der Waals surface area (Å²) in [5.41, 5.74) is 0. The van der Waals surface area contributed by atoms with Gasteiger partial charge in [0.1, 0.15) is 10.7 Å². The lowest BCUT2D eigenvalue weighted by atomic mass is 10.4. The van der Waals surface area contributed by atoms with E-state index in [9.17, 15) is 13.2 Å². The van der Waals surface area contributed by atoms with Crippen molar-refractivity contribution in [1.29, 1.82) is 0 Å². The number of aryl methyl sites for hydroxylation is 1. The number of carbonyl (C=O) groups excluding carboxylic acids is 1. The number of amides is 1. The highest BCUT2D eigenvalue weighted by atomic mass is 32.2. The maximum atomic E-state index is 11.9. The zero-order valence-electron chi connectivity index (χ0n) is 10.7. The molecule has 0 spiro atoms. The molecule has 2 aromatic rings. The van der Waals surface area contributed by atoms with Crippen LogP contribution in [0.1, 0.15) is 12.7 Å². The fourth-order valence-electron chi connectivity index (χ4n) is 1.43. The van der Waals surface area contributed by atoms with Crippen LogP contribution in [-0.4, -0.2) is 24.1 Å². The largest absolute Gasteiger partial charge is 0.465 e. The first-order chi connectivity index (χ1) is 9.51. The molecular weight excluding hydrogens is 282 g/mol. The second kappa shape index (κ2) is 5.74. The maximum Gasteiger partial charge on any atom is 0.267 e. The molecule has 2 heterocycles. The molecule has 0 bridgehead atoms. The van der Waals surface area contributed by atoms with Crippen LogP contribution in [0.3, 0.4) is 0 Å². The summed E-state index contributed by atoms with van der Waals surface area (Å²) in [6, 6.07) is 3.30. The lowest BCUT2D eigenvalue weighted by Crippen LogP contribution is -2.28. The van der Waals surface area contributed by atoms with Gasteiger partial charge in [-0.25, -0.2) is 13.1 Å². The van der Waals surface area contributed by atoms with Crippen LogP contribution in [0.15, 0.2) is 46.2 Å². The van der Waals surface area contributed by atoms with E-state index in [1.807, 2.05) is 11.6 Å². The average Bonchev–Trinajstić information content (AvgIpc) is 3.07. The molecule has 0 aliphatic rings. The fourth-order valence-corrected chi connectivity index (χ4v) is 2.32.